The first-order valence-electron chi connectivity index (χ1n) is 9.46. The van der Waals surface area contributed by atoms with Crippen molar-refractivity contribution in [1.82, 2.24) is 10.3 Å². The fourth-order valence-electron chi connectivity index (χ4n) is 3.27. The molecule has 0 radical (unpaired) electrons. The zero-order valence-corrected chi connectivity index (χ0v) is 16.1. The molecule has 0 amide bonds. The van der Waals surface area contributed by atoms with Crippen LogP contribution >= 0.6 is 0 Å². The third-order valence-electron chi connectivity index (χ3n) is 4.69. The third kappa shape index (κ3) is 4.71. The molecule has 0 saturated carbocycles. The van der Waals surface area contributed by atoms with E-state index in [4.69, 9.17) is 4.74 Å². The molecule has 2 unspecified atom stereocenters. The largest absolute Gasteiger partial charge is 0.508 e. The smallest absolute Gasteiger partial charge is 0.354 e. The Kier molecular flexibility index (Phi) is 6.34. The van der Waals surface area contributed by atoms with Crippen molar-refractivity contribution in [2.45, 2.75) is 32.4 Å². The number of hydrogen-bond acceptors (Lipinski definition) is 5. The minimum absolute atomic E-state index is 0.153. The van der Waals surface area contributed by atoms with Crippen molar-refractivity contribution in [2.24, 2.45) is 0 Å². The molecule has 0 aliphatic rings. The molecule has 0 spiro atoms. The first kappa shape index (κ1) is 19.9. The summed E-state index contributed by atoms with van der Waals surface area (Å²) in [6.45, 7) is 4.51. The summed E-state index contributed by atoms with van der Waals surface area (Å²) in [5.41, 5.74) is 3.04. The van der Waals surface area contributed by atoms with Crippen molar-refractivity contribution in [2.75, 3.05) is 13.2 Å². The van der Waals surface area contributed by atoms with Crippen LogP contribution in [0, 0.1) is 0 Å². The van der Waals surface area contributed by atoms with E-state index in [9.17, 15) is 15.0 Å². The van der Waals surface area contributed by atoms with Crippen molar-refractivity contribution in [1.29, 1.82) is 0 Å². The zero-order valence-electron chi connectivity index (χ0n) is 16.1. The number of H-pyrrole nitrogens is 1. The Hall–Kier alpha value is -2.83. The van der Waals surface area contributed by atoms with E-state index >= 15 is 0 Å². The number of esters is 1. The summed E-state index contributed by atoms with van der Waals surface area (Å²) >= 11 is 0. The molecule has 1 heterocycles. The van der Waals surface area contributed by atoms with Gasteiger partial charge in [-0.15, -0.1) is 0 Å². The molecular formula is C22H26N2O4. The first-order chi connectivity index (χ1) is 13.5. The number of hydrogen-bond donors (Lipinski definition) is 4. The number of benzene rings is 2. The molecule has 2 atom stereocenters. The van der Waals surface area contributed by atoms with Gasteiger partial charge in [0.15, 0.2) is 0 Å². The van der Waals surface area contributed by atoms with Gasteiger partial charge in [0.2, 0.25) is 0 Å². The maximum absolute atomic E-state index is 12.0. The maximum Gasteiger partial charge on any atom is 0.354 e. The Labute approximate surface area is 164 Å². The normalized spacial score (nSPS) is 13.4. The highest BCUT2D eigenvalue weighted by Crippen LogP contribution is 2.25. The lowest BCUT2D eigenvalue weighted by Gasteiger charge is -2.18. The Balaban J connectivity index is 1.66. The van der Waals surface area contributed by atoms with Gasteiger partial charge in [-0.3, -0.25) is 0 Å². The average molecular weight is 382 g/mol. The summed E-state index contributed by atoms with van der Waals surface area (Å²) in [5, 5.41) is 24.2. The lowest BCUT2D eigenvalue weighted by molar-refractivity contribution is 0.0520. The van der Waals surface area contributed by atoms with Gasteiger partial charge in [-0.05, 0) is 55.7 Å². The fraction of sp³-hybridized carbons (Fsp3) is 0.318. The van der Waals surface area contributed by atoms with E-state index < -0.39 is 12.1 Å². The molecule has 0 aliphatic heterocycles. The number of rotatable bonds is 8. The van der Waals surface area contributed by atoms with Crippen LogP contribution < -0.4 is 5.32 Å². The first-order valence-corrected chi connectivity index (χ1v) is 9.46. The Morgan fingerprint density at radius 2 is 1.96 bits per heavy atom. The molecule has 6 heteroatoms. The number of phenols is 1. The van der Waals surface area contributed by atoms with Crippen LogP contribution in [0.5, 0.6) is 5.75 Å². The summed E-state index contributed by atoms with van der Waals surface area (Å²) in [7, 11) is 0. The molecule has 0 aliphatic carbocycles. The van der Waals surface area contributed by atoms with Crippen LogP contribution in [0.25, 0.3) is 10.9 Å². The predicted molar refractivity (Wildman–Crippen MR) is 108 cm³/mol. The molecule has 3 rings (SSSR count). The van der Waals surface area contributed by atoms with Crippen LogP contribution in [0.3, 0.4) is 0 Å². The number of carbonyl (C=O) groups is 1. The summed E-state index contributed by atoms with van der Waals surface area (Å²) in [4.78, 5) is 15.0. The minimum atomic E-state index is -0.711. The molecular weight excluding hydrogens is 356 g/mol. The van der Waals surface area contributed by atoms with E-state index in [2.05, 4.69) is 17.2 Å². The van der Waals surface area contributed by atoms with Crippen LogP contribution in [0.1, 0.15) is 41.6 Å². The highest BCUT2D eigenvalue weighted by Gasteiger charge is 2.17. The third-order valence-corrected chi connectivity index (χ3v) is 4.69. The van der Waals surface area contributed by atoms with E-state index in [1.54, 1.807) is 25.1 Å². The number of nitrogens with one attached hydrogen (secondary N) is 2. The molecule has 4 N–H and O–H groups in total. The Morgan fingerprint density at radius 3 is 2.68 bits per heavy atom. The number of aromatic nitrogens is 1. The second-order valence-electron chi connectivity index (χ2n) is 6.91. The number of aliphatic hydroxyl groups is 1. The number of ether oxygens (including phenoxy) is 1. The minimum Gasteiger partial charge on any atom is -0.508 e. The molecule has 148 valence electrons. The van der Waals surface area contributed by atoms with Crippen LogP contribution in [-0.4, -0.2) is 40.4 Å². The van der Waals surface area contributed by atoms with Gasteiger partial charge >= 0.3 is 5.97 Å². The summed E-state index contributed by atoms with van der Waals surface area (Å²) in [5.74, 6) is -0.152. The molecule has 6 nitrogen and oxygen atoms in total. The molecule has 1 aromatic heterocycles. The fourth-order valence-corrected chi connectivity index (χ4v) is 3.27. The molecule has 0 fully saturated rings. The van der Waals surface area contributed by atoms with Crippen LogP contribution in [0.4, 0.5) is 0 Å². The van der Waals surface area contributed by atoms with Crippen molar-refractivity contribution in [3.8, 4) is 5.75 Å². The number of aliphatic hydroxyl groups excluding tert-OH is 1. The van der Waals surface area contributed by atoms with Gasteiger partial charge in [-0.2, -0.15) is 0 Å². The summed E-state index contributed by atoms with van der Waals surface area (Å²) < 4.78 is 5.04. The van der Waals surface area contributed by atoms with Crippen molar-refractivity contribution in [3.63, 3.8) is 0 Å². The topological polar surface area (TPSA) is 94.6 Å². The van der Waals surface area contributed by atoms with Gasteiger partial charge in [0, 0.05) is 23.5 Å². The average Bonchev–Trinajstić information content (AvgIpc) is 3.12. The molecule has 28 heavy (non-hydrogen) atoms. The van der Waals surface area contributed by atoms with Crippen molar-refractivity contribution < 1.29 is 19.7 Å². The maximum atomic E-state index is 12.0. The van der Waals surface area contributed by atoms with Crippen LogP contribution in [0.15, 0.2) is 48.5 Å². The predicted octanol–water partition coefficient (Wildman–Crippen LogP) is 3.30. The zero-order chi connectivity index (χ0) is 20.1. The van der Waals surface area contributed by atoms with Gasteiger partial charge in [-0.1, -0.05) is 24.3 Å². The van der Waals surface area contributed by atoms with E-state index in [0.29, 0.717) is 18.8 Å². The van der Waals surface area contributed by atoms with Crippen LogP contribution in [0.2, 0.25) is 0 Å². The number of phenolic OH excluding ortho intramolecular Hbond substituents is 1. The highest BCUT2D eigenvalue weighted by atomic mass is 16.5. The number of carbonyl (C=O) groups excluding carboxylic acids is 1. The van der Waals surface area contributed by atoms with E-state index in [0.717, 1.165) is 28.5 Å². The second kappa shape index (κ2) is 8.91. The Bertz CT molecular complexity index is 933. The number of fused-ring (bicyclic) bond motifs is 1. The van der Waals surface area contributed by atoms with E-state index in [1.165, 1.54) is 0 Å². The Morgan fingerprint density at radius 1 is 1.21 bits per heavy atom. The monoisotopic (exact) mass is 382 g/mol. The molecule has 2 aromatic carbocycles. The summed E-state index contributed by atoms with van der Waals surface area (Å²) in [6.07, 6.45) is 0.0748. The standard InChI is InChI=1S/C22H26N2O4/c1-3-28-22(27)20-12-18-17(5-4-6-19(18)24-20)21(26)13-23-14(2)11-15-7-9-16(25)10-8-15/h4-10,12,14,21,23-26H,3,11,13H2,1-2H3. The molecule has 0 saturated heterocycles. The number of aromatic hydroxyl groups is 1. The van der Waals surface area contributed by atoms with Gasteiger partial charge in [0.05, 0.1) is 12.7 Å². The summed E-state index contributed by atoms with van der Waals surface area (Å²) in [6, 6.07) is 14.6. The van der Waals surface area contributed by atoms with Gasteiger partial charge < -0.3 is 25.3 Å². The lowest BCUT2D eigenvalue weighted by Crippen LogP contribution is -2.32. The SMILES string of the molecule is CCOC(=O)c1cc2c(C(O)CNC(C)Cc3ccc(O)cc3)cccc2[nH]1. The van der Waals surface area contributed by atoms with Crippen LogP contribution in [-0.2, 0) is 11.2 Å². The highest BCUT2D eigenvalue weighted by molar-refractivity contribution is 5.96. The van der Waals surface area contributed by atoms with E-state index in [1.807, 2.05) is 30.3 Å². The van der Waals surface area contributed by atoms with Crippen molar-refractivity contribution in [3.05, 3.63) is 65.4 Å². The second-order valence-corrected chi connectivity index (χ2v) is 6.91. The van der Waals surface area contributed by atoms with Gasteiger partial charge in [-0.25, -0.2) is 4.79 Å². The van der Waals surface area contributed by atoms with Gasteiger partial charge in [0.25, 0.3) is 0 Å². The molecule has 0 bridgehead atoms. The lowest BCUT2D eigenvalue weighted by atomic mass is 10.0. The molecule has 3 aromatic rings. The van der Waals surface area contributed by atoms with E-state index in [-0.39, 0.29) is 11.8 Å². The van der Waals surface area contributed by atoms with Crippen molar-refractivity contribution >= 4 is 16.9 Å². The quantitative estimate of drug-likeness (QED) is 0.449. The van der Waals surface area contributed by atoms with Gasteiger partial charge in [0.1, 0.15) is 11.4 Å². The number of aromatic amines is 1.